The molecule has 4 nitrogen and oxygen atoms in total. The number of likely N-dealkylation sites (N-methyl/N-ethyl adjacent to an activating group) is 1. The SMILES string of the molecule is CNC(C)C(=O)CCS(=O)(=O)C(C)(C)C. The number of carbonyl (C=O) groups excluding carboxylic acids is 1. The fraction of sp³-hybridized carbons (Fsp3) is 0.900. The van der Waals surface area contributed by atoms with Crippen LogP contribution in [0.1, 0.15) is 34.1 Å². The summed E-state index contributed by atoms with van der Waals surface area (Å²) in [5.41, 5.74) is 0. The summed E-state index contributed by atoms with van der Waals surface area (Å²) in [6, 6.07) is -0.278. The second-order valence-corrected chi connectivity index (χ2v) is 7.52. The zero-order valence-corrected chi connectivity index (χ0v) is 10.9. The maximum Gasteiger partial charge on any atom is 0.155 e. The van der Waals surface area contributed by atoms with Crippen molar-refractivity contribution < 1.29 is 13.2 Å². The highest BCUT2D eigenvalue weighted by Crippen LogP contribution is 2.16. The third kappa shape index (κ3) is 4.30. The molecule has 0 aromatic carbocycles. The van der Waals surface area contributed by atoms with Crippen LogP contribution in [0, 0.1) is 0 Å². The van der Waals surface area contributed by atoms with Crippen molar-refractivity contribution in [1.29, 1.82) is 0 Å². The van der Waals surface area contributed by atoms with Crippen LogP contribution in [0.4, 0.5) is 0 Å². The minimum atomic E-state index is -3.18. The van der Waals surface area contributed by atoms with Crippen LogP contribution >= 0.6 is 0 Å². The van der Waals surface area contributed by atoms with Crippen LogP contribution in [0.3, 0.4) is 0 Å². The van der Waals surface area contributed by atoms with Gasteiger partial charge in [-0.15, -0.1) is 0 Å². The van der Waals surface area contributed by atoms with E-state index in [0.717, 1.165) is 0 Å². The number of carbonyl (C=O) groups is 1. The van der Waals surface area contributed by atoms with E-state index in [4.69, 9.17) is 0 Å². The van der Waals surface area contributed by atoms with Crippen molar-refractivity contribution in [2.45, 2.75) is 44.9 Å². The Balaban J connectivity index is 4.36. The first-order valence-corrected chi connectivity index (χ1v) is 6.69. The molecule has 0 radical (unpaired) electrons. The van der Waals surface area contributed by atoms with Crippen molar-refractivity contribution in [1.82, 2.24) is 5.32 Å². The van der Waals surface area contributed by atoms with Crippen LogP contribution in [-0.2, 0) is 14.6 Å². The molecule has 0 rings (SSSR count). The fourth-order valence-electron chi connectivity index (χ4n) is 0.919. The Kier molecular flexibility index (Phi) is 4.93. The summed E-state index contributed by atoms with van der Waals surface area (Å²) >= 11 is 0. The third-order valence-corrected chi connectivity index (χ3v) is 5.07. The zero-order chi connectivity index (χ0) is 12.3. The molecule has 90 valence electrons. The van der Waals surface area contributed by atoms with E-state index in [1.54, 1.807) is 34.7 Å². The van der Waals surface area contributed by atoms with Crippen LogP contribution in [0.5, 0.6) is 0 Å². The van der Waals surface area contributed by atoms with Gasteiger partial charge in [0.2, 0.25) is 0 Å². The summed E-state index contributed by atoms with van der Waals surface area (Å²) < 4.78 is 22.6. The van der Waals surface area contributed by atoms with E-state index in [1.165, 1.54) is 0 Å². The van der Waals surface area contributed by atoms with Crippen molar-refractivity contribution in [3.8, 4) is 0 Å². The Morgan fingerprint density at radius 1 is 1.33 bits per heavy atom. The summed E-state index contributed by atoms with van der Waals surface area (Å²) in [5.74, 6) is -0.133. The maximum atomic E-state index is 11.7. The van der Waals surface area contributed by atoms with Crippen LogP contribution in [0.15, 0.2) is 0 Å². The molecule has 0 aliphatic rings. The molecule has 0 aliphatic carbocycles. The topological polar surface area (TPSA) is 63.2 Å². The number of ketones is 1. The Morgan fingerprint density at radius 3 is 2.13 bits per heavy atom. The van der Waals surface area contributed by atoms with Gasteiger partial charge in [-0.2, -0.15) is 0 Å². The summed E-state index contributed by atoms with van der Waals surface area (Å²) in [6.45, 7) is 6.67. The lowest BCUT2D eigenvalue weighted by Gasteiger charge is -2.19. The van der Waals surface area contributed by atoms with Gasteiger partial charge >= 0.3 is 0 Å². The molecule has 1 N–H and O–H groups in total. The molecule has 1 atom stereocenters. The first kappa shape index (κ1) is 14.6. The Bertz CT molecular complexity index is 314. The lowest BCUT2D eigenvalue weighted by Crippen LogP contribution is -2.35. The number of sulfone groups is 1. The smallest absolute Gasteiger partial charge is 0.155 e. The molecule has 0 saturated carbocycles. The van der Waals surface area contributed by atoms with Gasteiger partial charge < -0.3 is 5.32 Å². The molecule has 0 bridgehead atoms. The molecular weight excluding hydrogens is 214 g/mol. The number of hydrogen-bond acceptors (Lipinski definition) is 4. The quantitative estimate of drug-likeness (QED) is 0.764. The van der Waals surface area contributed by atoms with Gasteiger partial charge in [-0.25, -0.2) is 8.42 Å². The van der Waals surface area contributed by atoms with Crippen LogP contribution < -0.4 is 5.32 Å². The highest BCUT2D eigenvalue weighted by atomic mass is 32.2. The largest absolute Gasteiger partial charge is 0.311 e. The standard InChI is InChI=1S/C10H21NO3S/c1-8(11-5)9(12)6-7-15(13,14)10(2,3)4/h8,11H,6-7H2,1-5H3. The molecule has 0 aliphatic heterocycles. The van der Waals surface area contributed by atoms with Gasteiger partial charge in [0.05, 0.1) is 16.5 Å². The van der Waals surface area contributed by atoms with Crippen molar-refractivity contribution in [2.75, 3.05) is 12.8 Å². The van der Waals surface area contributed by atoms with Gasteiger partial charge in [0.1, 0.15) is 5.78 Å². The Morgan fingerprint density at radius 2 is 1.80 bits per heavy atom. The van der Waals surface area contributed by atoms with Gasteiger partial charge in [-0.3, -0.25) is 4.79 Å². The van der Waals surface area contributed by atoms with Crippen molar-refractivity contribution in [3.05, 3.63) is 0 Å². The predicted molar refractivity (Wildman–Crippen MR) is 61.7 cm³/mol. The second kappa shape index (κ2) is 5.07. The lowest BCUT2D eigenvalue weighted by molar-refractivity contribution is -0.120. The monoisotopic (exact) mass is 235 g/mol. The zero-order valence-electron chi connectivity index (χ0n) is 10.1. The van der Waals surface area contributed by atoms with E-state index in [0.29, 0.717) is 0 Å². The van der Waals surface area contributed by atoms with Crippen molar-refractivity contribution >= 4 is 15.6 Å². The number of Topliss-reactive ketones (excluding diaryl/α,β-unsaturated/α-hetero) is 1. The van der Waals surface area contributed by atoms with Crippen LogP contribution in [0.25, 0.3) is 0 Å². The molecule has 0 aromatic heterocycles. The molecule has 0 saturated heterocycles. The molecule has 0 amide bonds. The van der Waals surface area contributed by atoms with Gasteiger partial charge in [-0.05, 0) is 34.7 Å². The normalized spacial score (nSPS) is 15.0. The first-order valence-electron chi connectivity index (χ1n) is 5.04. The summed E-state index contributed by atoms with van der Waals surface area (Å²) in [7, 11) is -1.50. The Hall–Kier alpha value is -0.420. The van der Waals surface area contributed by atoms with E-state index in [2.05, 4.69) is 5.32 Å². The summed E-state index contributed by atoms with van der Waals surface area (Å²) in [6.07, 6.45) is 0.0849. The number of hydrogen-bond donors (Lipinski definition) is 1. The average molecular weight is 235 g/mol. The lowest BCUT2D eigenvalue weighted by atomic mass is 10.2. The molecule has 1 unspecified atom stereocenters. The average Bonchev–Trinajstić information content (AvgIpc) is 2.11. The Labute approximate surface area is 92.4 Å². The highest BCUT2D eigenvalue weighted by Gasteiger charge is 2.29. The molecule has 0 aromatic rings. The van der Waals surface area contributed by atoms with Crippen LogP contribution in [-0.4, -0.2) is 37.8 Å². The molecule has 0 fully saturated rings. The molecule has 0 spiro atoms. The van der Waals surface area contributed by atoms with Gasteiger partial charge in [0.15, 0.2) is 9.84 Å². The highest BCUT2D eigenvalue weighted by molar-refractivity contribution is 7.92. The van der Waals surface area contributed by atoms with Gasteiger partial charge in [0.25, 0.3) is 0 Å². The fourth-order valence-corrected chi connectivity index (χ4v) is 2.00. The van der Waals surface area contributed by atoms with Crippen molar-refractivity contribution in [2.24, 2.45) is 0 Å². The van der Waals surface area contributed by atoms with E-state index in [1.807, 2.05) is 0 Å². The minimum Gasteiger partial charge on any atom is -0.311 e. The third-order valence-electron chi connectivity index (χ3n) is 2.47. The van der Waals surface area contributed by atoms with E-state index in [9.17, 15) is 13.2 Å². The predicted octanol–water partition coefficient (Wildman–Crippen LogP) is 0.767. The molecular formula is C10H21NO3S. The van der Waals surface area contributed by atoms with E-state index < -0.39 is 14.6 Å². The van der Waals surface area contributed by atoms with E-state index >= 15 is 0 Å². The van der Waals surface area contributed by atoms with Crippen LogP contribution in [0.2, 0.25) is 0 Å². The minimum absolute atomic E-state index is 0.0645. The molecule has 15 heavy (non-hydrogen) atoms. The summed E-state index contributed by atoms with van der Waals surface area (Å²) in [4.78, 5) is 11.4. The number of nitrogens with one attached hydrogen (secondary N) is 1. The van der Waals surface area contributed by atoms with Gasteiger partial charge in [-0.1, -0.05) is 0 Å². The summed E-state index contributed by atoms with van der Waals surface area (Å²) in [5, 5.41) is 2.80. The van der Waals surface area contributed by atoms with Gasteiger partial charge in [0, 0.05) is 6.42 Å². The second-order valence-electron chi connectivity index (χ2n) is 4.66. The maximum absolute atomic E-state index is 11.7. The molecule has 0 heterocycles. The molecule has 5 heteroatoms. The van der Waals surface area contributed by atoms with Crippen molar-refractivity contribution in [3.63, 3.8) is 0 Å². The number of rotatable bonds is 5. The van der Waals surface area contributed by atoms with E-state index in [-0.39, 0.29) is 24.0 Å². The first-order chi connectivity index (χ1) is 6.62.